The normalized spacial score (nSPS) is 16.8. The summed E-state index contributed by atoms with van der Waals surface area (Å²) in [5.41, 5.74) is 6.85. The lowest BCUT2D eigenvalue weighted by Crippen LogP contribution is -2.33. The third kappa shape index (κ3) is 2.91. The van der Waals surface area contributed by atoms with Gasteiger partial charge in [0.15, 0.2) is 0 Å². The molecular weight excluding hydrogens is 214 g/mol. The molecule has 0 unspecified atom stereocenters. The molecule has 0 aromatic carbocycles. The number of nitrogens with two attached hydrogens (primary N) is 1. The van der Waals surface area contributed by atoms with Gasteiger partial charge in [0.05, 0.1) is 18.4 Å². The summed E-state index contributed by atoms with van der Waals surface area (Å²) >= 11 is 0. The Labute approximate surface area is 103 Å². The minimum atomic E-state index is 0.811. The van der Waals surface area contributed by atoms with E-state index in [1.807, 2.05) is 4.68 Å². The minimum Gasteiger partial charge on any atom is -0.394 e. The van der Waals surface area contributed by atoms with E-state index in [-0.39, 0.29) is 0 Å². The van der Waals surface area contributed by atoms with Crippen LogP contribution in [0.4, 0.5) is 11.5 Å². The molecule has 17 heavy (non-hydrogen) atoms. The summed E-state index contributed by atoms with van der Waals surface area (Å²) in [5, 5.41) is 4.39. The van der Waals surface area contributed by atoms with Crippen LogP contribution >= 0.6 is 0 Å². The Morgan fingerprint density at radius 1 is 1.29 bits per heavy atom. The number of hydrogen-bond acceptors (Lipinski definition) is 4. The fourth-order valence-electron chi connectivity index (χ4n) is 2.30. The topological polar surface area (TPSA) is 50.3 Å². The highest BCUT2D eigenvalue weighted by Crippen LogP contribution is 2.25. The third-order valence-corrected chi connectivity index (χ3v) is 3.25. The Morgan fingerprint density at radius 3 is 2.65 bits per heavy atom. The minimum absolute atomic E-state index is 0.811. The Bertz CT molecular complexity index is 352. The zero-order valence-electron chi connectivity index (χ0n) is 10.9. The summed E-state index contributed by atoms with van der Waals surface area (Å²) in [6.45, 7) is 4.10. The van der Waals surface area contributed by atoms with E-state index in [0.717, 1.165) is 37.7 Å². The van der Waals surface area contributed by atoms with Crippen LogP contribution in [0.25, 0.3) is 0 Å². The molecule has 0 atom stereocenters. The summed E-state index contributed by atoms with van der Waals surface area (Å²) in [5.74, 6) is 1.12. The predicted octanol–water partition coefficient (Wildman–Crippen LogP) is 1.02. The summed E-state index contributed by atoms with van der Waals surface area (Å²) < 4.78 is 2.04. The zero-order valence-corrected chi connectivity index (χ0v) is 10.9. The van der Waals surface area contributed by atoms with Gasteiger partial charge < -0.3 is 15.5 Å². The summed E-state index contributed by atoms with van der Waals surface area (Å²) in [4.78, 5) is 4.54. The van der Waals surface area contributed by atoms with Crippen molar-refractivity contribution in [1.82, 2.24) is 14.7 Å². The molecule has 0 spiro atoms. The standard InChI is InChI=1S/C12H23N5/c1-15(2)8-9-17-12(11(13)10-14-17)16-6-4-3-5-7-16/h10H,3-9,13H2,1-2H3. The fraction of sp³-hybridized carbons (Fsp3) is 0.750. The molecule has 2 N–H and O–H groups in total. The highest BCUT2D eigenvalue weighted by Gasteiger charge is 2.18. The second kappa shape index (κ2) is 5.40. The van der Waals surface area contributed by atoms with Gasteiger partial charge in [-0.3, -0.25) is 0 Å². The number of anilines is 2. The largest absolute Gasteiger partial charge is 0.394 e. The number of nitrogens with zero attached hydrogens (tertiary/aromatic N) is 4. The molecule has 2 rings (SSSR count). The first-order chi connectivity index (χ1) is 8.18. The molecule has 0 radical (unpaired) electrons. The molecule has 5 nitrogen and oxygen atoms in total. The molecule has 1 saturated heterocycles. The zero-order chi connectivity index (χ0) is 12.3. The van der Waals surface area contributed by atoms with E-state index in [1.165, 1.54) is 19.3 Å². The van der Waals surface area contributed by atoms with Gasteiger partial charge in [0, 0.05) is 19.6 Å². The molecule has 0 aliphatic carbocycles. The predicted molar refractivity (Wildman–Crippen MR) is 71.3 cm³/mol. The maximum absolute atomic E-state index is 6.04. The van der Waals surface area contributed by atoms with Gasteiger partial charge in [0.2, 0.25) is 0 Å². The van der Waals surface area contributed by atoms with Crippen molar-refractivity contribution in [3.05, 3.63) is 6.20 Å². The van der Waals surface area contributed by atoms with Crippen molar-refractivity contribution in [2.75, 3.05) is 44.4 Å². The number of aromatic nitrogens is 2. The first-order valence-corrected chi connectivity index (χ1v) is 6.39. The first-order valence-electron chi connectivity index (χ1n) is 6.39. The van der Waals surface area contributed by atoms with E-state index in [4.69, 9.17) is 5.73 Å². The van der Waals surface area contributed by atoms with Gasteiger partial charge in [-0.2, -0.15) is 5.10 Å². The molecule has 0 saturated carbocycles. The van der Waals surface area contributed by atoms with Gasteiger partial charge in [0.25, 0.3) is 0 Å². The lowest BCUT2D eigenvalue weighted by molar-refractivity contribution is 0.372. The Hall–Kier alpha value is -1.23. The van der Waals surface area contributed by atoms with E-state index in [0.29, 0.717) is 0 Å². The summed E-state index contributed by atoms with van der Waals surface area (Å²) in [6, 6.07) is 0. The summed E-state index contributed by atoms with van der Waals surface area (Å²) in [7, 11) is 4.15. The number of rotatable bonds is 4. The highest BCUT2D eigenvalue weighted by molar-refractivity contribution is 5.62. The van der Waals surface area contributed by atoms with E-state index in [2.05, 4.69) is 29.0 Å². The molecule has 5 heteroatoms. The fourth-order valence-corrected chi connectivity index (χ4v) is 2.30. The Kier molecular flexibility index (Phi) is 3.89. The summed E-state index contributed by atoms with van der Waals surface area (Å²) in [6.07, 6.45) is 5.64. The van der Waals surface area contributed by atoms with Gasteiger partial charge in [-0.25, -0.2) is 4.68 Å². The maximum atomic E-state index is 6.04. The van der Waals surface area contributed by atoms with Crippen LogP contribution < -0.4 is 10.6 Å². The maximum Gasteiger partial charge on any atom is 0.150 e. The SMILES string of the molecule is CN(C)CCn1ncc(N)c1N1CCCCC1. The number of likely N-dealkylation sites (N-methyl/N-ethyl adjacent to an activating group) is 1. The van der Waals surface area contributed by atoms with Crippen molar-refractivity contribution in [2.24, 2.45) is 0 Å². The molecular formula is C12H23N5. The van der Waals surface area contributed by atoms with Gasteiger partial charge in [-0.15, -0.1) is 0 Å². The van der Waals surface area contributed by atoms with Crippen LogP contribution in [0.3, 0.4) is 0 Å². The van der Waals surface area contributed by atoms with Crippen molar-refractivity contribution >= 4 is 11.5 Å². The molecule has 1 aromatic rings. The van der Waals surface area contributed by atoms with Crippen molar-refractivity contribution < 1.29 is 0 Å². The first kappa shape index (κ1) is 12.2. The van der Waals surface area contributed by atoms with Gasteiger partial charge in [-0.05, 0) is 33.4 Å². The second-order valence-electron chi connectivity index (χ2n) is 5.00. The Morgan fingerprint density at radius 2 is 2.00 bits per heavy atom. The molecule has 1 fully saturated rings. The van der Waals surface area contributed by atoms with Crippen LogP contribution in [0, 0.1) is 0 Å². The average molecular weight is 237 g/mol. The van der Waals surface area contributed by atoms with Crippen molar-refractivity contribution in [3.8, 4) is 0 Å². The van der Waals surface area contributed by atoms with Crippen molar-refractivity contribution in [1.29, 1.82) is 0 Å². The van der Waals surface area contributed by atoms with E-state index in [1.54, 1.807) is 6.20 Å². The lowest BCUT2D eigenvalue weighted by Gasteiger charge is -2.29. The number of nitrogen functional groups attached to an aromatic ring is 1. The second-order valence-corrected chi connectivity index (χ2v) is 5.00. The quantitative estimate of drug-likeness (QED) is 0.849. The van der Waals surface area contributed by atoms with E-state index >= 15 is 0 Å². The average Bonchev–Trinajstić information content (AvgIpc) is 2.69. The lowest BCUT2D eigenvalue weighted by atomic mass is 10.1. The molecule has 96 valence electrons. The van der Waals surface area contributed by atoms with Crippen LogP contribution in [0.2, 0.25) is 0 Å². The number of hydrogen-bond donors (Lipinski definition) is 1. The Balaban J connectivity index is 2.10. The highest BCUT2D eigenvalue weighted by atomic mass is 15.4. The monoisotopic (exact) mass is 237 g/mol. The van der Waals surface area contributed by atoms with Gasteiger partial charge >= 0.3 is 0 Å². The van der Waals surface area contributed by atoms with E-state index < -0.39 is 0 Å². The van der Waals surface area contributed by atoms with E-state index in [9.17, 15) is 0 Å². The molecule has 1 aliphatic heterocycles. The molecule has 2 heterocycles. The van der Waals surface area contributed by atoms with Gasteiger partial charge in [-0.1, -0.05) is 0 Å². The molecule has 0 amide bonds. The molecule has 1 aliphatic rings. The molecule has 0 bridgehead atoms. The van der Waals surface area contributed by atoms with Gasteiger partial charge in [0.1, 0.15) is 5.82 Å². The van der Waals surface area contributed by atoms with Crippen LogP contribution in [-0.2, 0) is 6.54 Å². The molecule has 1 aromatic heterocycles. The van der Waals surface area contributed by atoms with Crippen molar-refractivity contribution in [3.63, 3.8) is 0 Å². The van der Waals surface area contributed by atoms with Crippen LogP contribution in [0.15, 0.2) is 6.20 Å². The van der Waals surface area contributed by atoms with Crippen molar-refractivity contribution in [2.45, 2.75) is 25.8 Å². The van der Waals surface area contributed by atoms with Crippen LogP contribution in [0.5, 0.6) is 0 Å². The van der Waals surface area contributed by atoms with Crippen LogP contribution in [-0.4, -0.2) is 48.4 Å². The smallest absolute Gasteiger partial charge is 0.150 e. The van der Waals surface area contributed by atoms with Crippen LogP contribution in [0.1, 0.15) is 19.3 Å². The third-order valence-electron chi connectivity index (χ3n) is 3.25. The number of piperidine rings is 1.